The van der Waals surface area contributed by atoms with Gasteiger partial charge in [0.2, 0.25) is 5.91 Å². The van der Waals surface area contributed by atoms with E-state index in [1.807, 2.05) is 18.2 Å². The summed E-state index contributed by atoms with van der Waals surface area (Å²) in [6, 6.07) is -1.04. The lowest BCUT2D eigenvalue weighted by molar-refractivity contribution is -0.379. The topological polar surface area (TPSA) is 307 Å². The summed E-state index contributed by atoms with van der Waals surface area (Å²) < 4.78 is 34.3. The third kappa shape index (κ3) is 36.5. The molecule has 0 spiro atoms. The van der Waals surface area contributed by atoms with Gasteiger partial charge in [-0.2, -0.15) is 0 Å². The van der Waals surface area contributed by atoms with Crippen molar-refractivity contribution in [1.29, 1.82) is 0 Å². The fourth-order valence-corrected chi connectivity index (χ4v) is 11.8. The van der Waals surface area contributed by atoms with Crippen LogP contribution < -0.4 is 5.32 Å². The highest BCUT2D eigenvalue weighted by molar-refractivity contribution is 5.76. The van der Waals surface area contributed by atoms with E-state index >= 15 is 0 Å². The van der Waals surface area contributed by atoms with Gasteiger partial charge in [0.1, 0.15) is 73.2 Å². The van der Waals surface area contributed by atoms with Crippen molar-refractivity contribution < 1.29 is 89.4 Å². The van der Waals surface area contributed by atoms with Crippen molar-refractivity contribution >= 4 is 5.91 Å². The lowest BCUT2D eigenvalue weighted by atomic mass is 9.96. The van der Waals surface area contributed by atoms with Crippen LogP contribution in [0.25, 0.3) is 0 Å². The SMILES string of the molecule is CC/C=C\C/C=C\C/C=C\C/C=C\C/C=C\C/C=C\CCC(=O)NC(COC1OC(CO)C(OC2OC(CO)C(OC3OC(CO)C(O)C(O)C3O)C(O)C2O)C(O)C1O)C(O)/C=C/CC/C=C/CCCCCCCCCCCCCCCCCCCCCCCCCC. The fraction of sp³-hybridized carbons (Fsp3) is 0.773. The molecule has 3 fully saturated rings. The number of ether oxygens (including phenoxy) is 6. The predicted molar refractivity (Wildman–Crippen MR) is 369 cm³/mol. The lowest BCUT2D eigenvalue weighted by Gasteiger charge is -2.48. The molecule has 17 unspecified atom stereocenters. The highest BCUT2D eigenvalue weighted by Gasteiger charge is 2.53. The quantitative estimate of drug-likeness (QED) is 0.0199. The molecule has 3 rings (SSSR count). The maximum atomic E-state index is 13.4. The number of carbonyl (C=O) groups excluding carboxylic acids is 1. The van der Waals surface area contributed by atoms with E-state index in [0.29, 0.717) is 19.3 Å². The first-order valence-electron chi connectivity index (χ1n) is 36.5. The zero-order valence-corrected chi connectivity index (χ0v) is 57.4. The summed E-state index contributed by atoms with van der Waals surface area (Å²) in [5, 5.41) is 120. The molecule has 19 heteroatoms. The Morgan fingerprint density at radius 1 is 0.394 bits per heavy atom. The summed E-state index contributed by atoms with van der Waals surface area (Å²) >= 11 is 0. The number of unbranched alkanes of at least 4 members (excludes halogenated alkanes) is 25. The molecule has 3 aliphatic rings. The molecule has 17 atom stereocenters. The lowest BCUT2D eigenvalue weighted by Crippen LogP contribution is -2.66. The molecule has 94 heavy (non-hydrogen) atoms. The summed E-state index contributed by atoms with van der Waals surface area (Å²) in [7, 11) is 0. The van der Waals surface area contributed by atoms with Gasteiger partial charge in [-0.05, 0) is 70.6 Å². The number of allylic oxidation sites excluding steroid dienone is 15. The van der Waals surface area contributed by atoms with Gasteiger partial charge in [0.15, 0.2) is 18.9 Å². The van der Waals surface area contributed by atoms with E-state index in [9.17, 15) is 61.0 Å². The maximum absolute atomic E-state index is 13.4. The smallest absolute Gasteiger partial charge is 0.220 e. The molecular weight excluding hydrogens is 1200 g/mol. The van der Waals surface area contributed by atoms with Crippen molar-refractivity contribution in [2.45, 2.75) is 343 Å². The van der Waals surface area contributed by atoms with Gasteiger partial charge in [-0.25, -0.2) is 0 Å². The predicted octanol–water partition coefficient (Wildman–Crippen LogP) is 10.4. The van der Waals surface area contributed by atoms with Crippen LogP contribution in [-0.4, -0.2) is 193 Å². The fourth-order valence-electron chi connectivity index (χ4n) is 11.8. The molecule has 1 amide bonds. The molecule has 3 aliphatic heterocycles. The summed E-state index contributed by atoms with van der Waals surface area (Å²) in [4.78, 5) is 13.4. The highest BCUT2D eigenvalue weighted by atomic mass is 16.8. The third-order valence-electron chi connectivity index (χ3n) is 17.6. The Kier molecular flexibility index (Phi) is 50.2. The Morgan fingerprint density at radius 3 is 1.18 bits per heavy atom. The molecule has 542 valence electrons. The van der Waals surface area contributed by atoms with E-state index in [1.54, 1.807) is 6.08 Å². The van der Waals surface area contributed by atoms with Crippen LogP contribution in [0.15, 0.2) is 97.2 Å². The molecule has 0 bridgehead atoms. The second-order valence-electron chi connectivity index (χ2n) is 25.7. The van der Waals surface area contributed by atoms with Crippen LogP contribution in [0.5, 0.6) is 0 Å². The number of nitrogens with one attached hydrogen (secondary N) is 1. The van der Waals surface area contributed by atoms with E-state index in [4.69, 9.17) is 28.4 Å². The minimum absolute atomic E-state index is 0.105. The first kappa shape index (κ1) is 84.9. The molecule has 0 radical (unpaired) electrons. The Morgan fingerprint density at radius 2 is 0.745 bits per heavy atom. The zero-order valence-electron chi connectivity index (χ0n) is 57.4. The summed E-state index contributed by atoms with van der Waals surface area (Å²) in [5.41, 5.74) is 0. The van der Waals surface area contributed by atoms with Crippen molar-refractivity contribution in [3.05, 3.63) is 97.2 Å². The normalized spacial score (nSPS) is 27.9. The summed E-state index contributed by atoms with van der Waals surface area (Å²) in [5.74, 6) is -0.369. The van der Waals surface area contributed by atoms with Crippen LogP contribution in [0.4, 0.5) is 0 Å². The van der Waals surface area contributed by atoms with E-state index in [2.05, 4.69) is 92.1 Å². The van der Waals surface area contributed by atoms with Crippen LogP contribution >= 0.6 is 0 Å². The standard InChI is InChI=1S/C75H129NO18/c1-3-5-7-9-11-13-15-17-19-21-23-24-25-26-27-28-29-30-31-32-33-35-36-38-40-42-44-46-48-50-52-59(80)58(76-63(81)53-51-49-47-45-43-41-39-37-34-22-20-18-16-14-12-10-8-6-4-2)57-89-73-69(87)66(84)71(61(55-78)91-73)94-75-70(88)67(85)72(62(56-79)92-75)93-74-68(86)65(83)64(82)60(54-77)90-74/h6,8,12,14,18,20,34,37,41-44,47,49-50,52,58-62,64-75,77-80,82-88H,3-5,7,9-11,13,15-17,19,21-33,35-36,38-40,45-46,48,51,53-57H2,1-2H3,(H,76,81)/b8-6-,14-12-,20-18-,37-34-,43-41-,44-42+,49-47-,52-50+. The first-order valence-corrected chi connectivity index (χ1v) is 36.5. The molecule has 12 N–H and O–H groups in total. The number of hydrogen-bond acceptors (Lipinski definition) is 18. The molecule has 19 nitrogen and oxygen atoms in total. The van der Waals surface area contributed by atoms with Crippen molar-refractivity contribution in [3.63, 3.8) is 0 Å². The van der Waals surface area contributed by atoms with Crippen LogP contribution in [-0.2, 0) is 33.2 Å². The minimum atomic E-state index is -1.99. The van der Waals surface area contributed by atoms with Gasteiger partial charge in [-0.3, -0.25) is 4.79 Å². The average molecular weight is 1330 g/mol. The van der Waals surface area contributed by atoms with Crippen molar-refractivity contribution in [1.82, 2.24) is 5.32 Å². The zero-order chi connectivity index (χ0) is 68.2. The number of aliphatic hydroxyl groups excluding tert-OH is 11. The average Bonchev–Trinajstić information content (AvgIpc) is 0.787. The van der Waals surface area contributed by atoms with Gasteiger partial charge >= 0.3 is 0 Å². The second-order valence-corrected chi connectivity index (χ2v) is 25.7. The van der Waals surface area contributed by atoms with Gasteiger partial charge in [0, 0.05) is 6.42 Å². The number of rotatable bonds is 55. The Labute approximate surface area is 564 Å². The molecule has 0 aromatic rings. The van der Waals surface area contributed by atoms with Crippen LogP contribution in [0.3, 0.4) is 0 Å². The van der Waals surface area contributed by atoms with Crippen LogP contribution in [0.1, 0.15) is 239 Å². The minimum Gasteiger partial charge on any atom is -0.394 e. The van der Waals surface area contributed by atoms with E-state index in [-0.39, 0.29) is 12.3 Å². The van der Waals surface area contributed by atoms with Crippen LogP contribution in [0, 0.1) is 0 Å². The van der Waals surface area contributed by atoms with Crippen molar-refractivity contribution in [2.75, 3.05) is 26.4 Å². The largest absolute Gasteiger partial charge is 0.394 e. The highest BCUT2D eigenvalue weighted by Crippen LogP contribution is 2.33. The van der Waals surface area contributed by atoms with Crippen LogP contribution in [0.2, 0.25) is 0 Å². The van der Waals surface area contributed by atoms with Gasteiger partial charge in [-0.15, -0.1) is 0 Å². The monoisotopic (exact) mass is 1330 g/mol. The van der Waals surface area contributed by atoms with Crippen molar-refractivity contribution in [3.8, 4) is 0 Å². The van der Waals surface area contributed by atoms with Gasteiger partial charge in [-0.1, -0.05) is 259 Å². The molecule has 3 heterocycles. The Hall–Kier alpha value is -3.29. The molecule has 0 aromatic heterocycles. The Balaban J connectivity index is 1.44. The van der Waals surface area contributed by atoms with Gasteiger partial charge in [0.25, 0.3) is 0 Å². The number of carbonyl (C=O) groups is 1. The molecule has 0 aromatic carbocycles. The molecule has 0 saturated carbocycles. The Bertz CT molecular complexity index is 2080. The summed E-state index contributed by atoms with van der Waals surface area (Å²) in [6.45, 7) is 1.55. The third-order valence-corrected chi connectivity index (χ3v) is 17.6. The second kappa shape index (κ2) is 55.6. The van der Waals surface area contributed by atoms with E-state index < -0.39 is 131 Å². The number of aliphatic hydroxyl groups is 11. The van der Waals surface area contributed by atoms with E-state index in [1.165, 1.54) is 148 Å². The van der Waals surface area contributed by atoms with Gasteiger partial charge in [0.05, 0.1) is 38.6 Å². The number of amides is 1. The molecule has 3 saturated heterocycles. The maximum Gasteiger partial charge on any atom is 0.220 e. The molecular formula is C75H129NO18. The van der Waals surface area contributed by atoms with E-state index in [0.717, 1.165) is 51.4 Å². The molecule has 0 aliphatic carbocycles. The first-order chi connectivity index (χ1) is 45.8. The summed E-state index contributed by atoms with van der Waals surface area (Å²) in [6.07, 6.45) is 47.0. The van der Waals surface area contributed by atoms with Gasteiger partial charge < -0.3 is 89.9 Å². The number of hydrogen-bond donors (Lipinski definition) is 12. The van der Waals surface area contributed by atoms with Crippen molar-refractivity contribution in [2.24, 2.45) is 0 Å².